The van der Waals surface area contributed by atoms with E-state index in [1.54, 1.807) is 0 Å². The van der Waals surface area contributed by atoms with Gasteiger partial charge in [-0.3, -0.25) is 0 Å². The first kappa shape index (κ1) is 12.0. The van der Waals surface area contributed by atoms with Crippen molar-refractivity contribution < 1.29 is 5.11 Å². The zero-order valence-corrected chi connectivity index (χ0v) is 9.44. The summed E-state index contributed by atoms with van der Waals surface area (Å²) in [4.78, 5) is 0. The standard InChI is InChI=1S/C11H24O/c1-7-11(5,6)8-9(12)10(2,3)4/h9,12H,7-8H2,1-6H3. The Hall–Kier alpha value is -0.0400. The highest BCUT2D eigenvalue weighted by Crippen LogP contribution is 2.32. The van der Waals surface area contributed by atoms with Crippen molar-refractivity contribution in [1.29, 1.82) is 0 Å². The second-order valence-corrected chi connectivity index (χ2v) is 5.60. The second-order valence-electron chi connectivity index (χ2n) is 5.60. The van der Waals surface area contributed by atoms with E-state index < -0.39 is 0 Å². The maximum Gasteiger partial charge on any atom is 0.0593 e. The monoisotopic (exact) mass is 172 g/mol. The molecule has 0 aliphatic rings. The van der Waals surface area contributed by atoms with Gasteiger partial charge in [-0.2, -0.15) is 0 Å². The summed E-state index contributed by atoms with van der Waals surface area (Å²) in [6.45, 7) is 12.9. The van der Waals surface area contributed by atoms with E-state index in [-0.39, 0.29) is 16.9 Å². The Bertz CT molecular complexity index is 130. The molecule has 0 aromatic heterocycles. The smallest absolute Gasteiger partial charge is 0.0593 e. The molecule has 0 spiro atoms. The molecular formula is C11H24O. The number of aliphatic hydroxyl groups excluding tert-OH is 1. The summed E-state index contributed by atoms with van der Waals surface area (Å²) in [7, 11) is 0. The van der Waals surface area contributed by atoms with Crippen molar-refractivity contribution in [3.05, 3.63) is 0 Å². The van der Waals surface area contributed by atoms with Gasteiger partial charge in [0.2, 0.25) is 0 Å². The van der Waals surface area contributed by atoms with Crippen LogP contribution in [-0.2, 0) is 0 Å². The molecule has 74 valence electrons. The van der Waals surface area contributed by atoms with E-state index in [1.807, 2.05) is 0 Å². The Labute approximate surface area is 77.2 Å². The zero-order valence-electron chi connectivity index (χ0n) is 9.44. The summed E-state index contributed by atoms with van der Waals surface area (Å²) in [5.74, 6) is 0. The van der Waals surface area contributed by atoms with E-state index in [1.165, 1.54) is 0 Å². The Balaban J connectivity index is 4.09. The van der Waals surface area contributed by atoms with Gasteiger partial charge in [0.25, 0.3) is 0 Å². The molecule has 0 bridgehead atoms. The molecule has 1 nitrogen and oxygen atoms in total. The normalized spacial score (nSPS) is 16.2. The highest BCUT2D eigenvalue weighted by molar-refractivity contribution is 4.79. The van der Waals surface area contributed by atoms with Crippen LogP contribution >= 0.6 is 0 Å². The highest BCUT2D eigenvalue weighted by Gasteiger charge is 2.28. The molecule has 0 heterocycles. The predicted octanol–water partition coefficient (Wildman–Crippen LogP) is 3.22. The fourth-order valence-corrected chi connectivity index (χ4v) is 0.974. The quantitative estimate of drug-likeness (QED) is 0.693. The molecule has 1 N–H and O–H groups in total. The van der Waals surface area contributed by atoms with Gasteiger partial charge in [0.05, 0.1) is 6.10 Å². The maximum atomic E-state index is 9.85. The van der Waals surface area contributed by atoms with Crippen LogP contribution in [0.5, 0.6) is 0 Å². The summed E-state index contributed by atoms with van der Waals surface area (Å²) >= 11 is 0. The van der Waals surface area contributed by atoms with E-state index in [4.69, 9.17) is 0 Å². The van der Waals surface area contributed by atoms with Crippen molar-refractivity contribution >= 4 is 0 Å². The van der Waals surface area contributed by atoms with Crippen molar-refractivity contribution in [1.82, 2.24) is 0 Å². The molecule has 0 radical (unpaired) electrons. The summed E-state index contributed by atoms with van der Waals surface area (Å²) in [5.41, 5.74) is 0.291. The van der Waals surface area contributed by atoms with Crippen LogP contribution < -0.4 is 0 Å². The number of rotatable bonds is 3. The zero-order chi connectivity index (χ0) is 9.99. The largest absolute Gasteiger partial charge is 0.393 e. The third-order valence-electron chi connectivity index (χ3n) is 2.70. The molecule has 1 atom stereocenters. The third kappa shape index (κ3) is 4.10. The molecule has 0 fully saturated rings. The van der Waals surface area contributed by atoms with Crippen molar-refractivity contribution in [3.8, 4) is 0 Å². The van der Waals surface area contributed by atoms with Crippen molar-refractivity contribution in [3.63, 3.8) is 0 Å². The van der Waals surface area contributed by atoms with Gasteiger partial charge in [-0.1, -0.05) is 48.0 Å². The van der Waals surface area contributed by atoms with E-state index in [9.17, 15) is 5.11 Å². The lowest BCUT2D eigenvalue weighted by Gasteiger charge is -2.33. The van der Waals surface area contributed by atoms with E-state index in [0.717, 1.165) is 12.8 Å². The average Bonchev–Trinajstić information content (AvgIpc) is 1.85. The van der Waals surface area contributed by atoms with Gasteiger partial charge in [0.15, 0.2) is 0 Å². The minimum absolute atomic E-state index is 0.0203. The molecular weight excluding hydrogens is 148 g/mol. The molecule has 1 heteroatoms. The molecule has 0 rings (SSSR count). The van der Waals surface area contributed by atoms with Crippen LogP contribution in [0.15, 0.2) is 0 Å². The van der Waals surface area contributed by atoms with Crippen LogP contribution in [-0.4, -0.2) is 11.2 Å². The van der Waals surface area contributed by atoms with Crippen LogP contribution in [0.2, 0.25) is 0 Å². The predicted molar refractivity (Wildman–Crippen MR) is 54.2 cm³/mol. The molecule has 12 heavy (non-hydrogen) atoms. The number of hydrogen-bond donors (Lipinski definition) is 1. The Morgan fingerprint density at radius 3 is 1.75 bits per heavy atom. The maximum absolute atomic E-state index is 9.85. The van der Waals surface area contributed by atoms with E-state index >= 15 is 0 Å². The molecule has 0 aromatic carbocycles. The summed E-state index contributed by atoms with van der Waals surface area (Å²) in [5, 5.41) is 9.85. The van der Waals surface area contributed by atoms with Crippen molar-refractivity contribution in [2.24, 2.45) is 10.8 Å². The SMILES string of the molecule is CCC(C)(C)CC(O)C(C)(C)C. The Kier molecular flexibility index (Phi) is 3.77. The first-order valence-corrected chi connectivity index (χ1v) is 4.87. The highest BCUT2D eigenvalue weighted by atomic mass is 16.3. The average molecular weight is 172 g/mol. The molecule has 1 unspecified atom stereocenters. The molecule has 0 saturated carbocycles. The topological polar surface area (TPSA) is 20.2 Å². The summed E-state index contributed by atoms with van der Waals surface area (Å²) < 4.78 is 0. The molecule has 0 saturated heterocycles. The minimum Gasteiger partial charge on any atom is -0.393 e. The lowest BCUT2D eigenvalue weighted by molar-refractivity contribution is 0.0233. The van der Waals surface area contributed by atoms with Gasteiger partial charge < -0.3 is 5.11 Å². The van der Waals surface area contributed by atoms with Gasteiger partial charge in [0.1, 0.15) is 0 Å². The van der Waals surface area contributed by atoms with Gasteiger partial charge in [-0.15, -0.1) is 0 Å². The number of hydrogen-bond acceptors (Lipinski definition) is 1. The van der Waals surface area contributed by atoms with Crippen LogP contribution in [0.1, 0.15) is 54.4 Å². The van der Waals surface area contributed by atoms with Gasteiger partial charge in [-0.05, 0) is 17.3 Å². The summed E-state index contributed by atoms with van der Waals surface area (Å²) in [6.07, 6.45) is 1.83. The van der Waals surface area contributed by atoms with E-state index in [2.05, 4.69) is 41.5 Å². The van der Waals surface area contributed by atoms with Crippen LogP contribution in [0.4, 0.5) is 0 Å². The van der Waals surface area contributed by atoms with Gasteiger partial charge >= 0.3 is 0 Å². The molecule has 0 aromatic rings. The van der Waals surface area contributed by atoms with Crippen LogP contribution in [0.3, 0.4) is 0 Å². The Morgan fingerprint density at radius 2 is 1.50 bits per heavy atom. The molecule has 0 aliphatic carbocycles. The van der Waals surface area contributed by atoms with Crippen molar-refractivity contribution in [2.45, 2.75) is 60.5 Å². The minimum atomic E-state index is -0.188. The first-order valence-electron chi connectivity index (χ1n) is 4.87. The first-order chi connectivity index (χ1) is 5.19. The lowest BCUT2D eigenvalue weighted by atomic mass is 9.76. The van der Waals surface area contributed by atoms with Gasteiger partial charge in [0, 0.05) is 0 Å². The summed E-state index contributed by atoms with van der Waals surface area (Å²) in [6, 6.07) is 0. The van der Waals surface area contributed by atoms with Gasteiger partial charge in [-0.25, -0.2) is 0 Å². The second kappa shape index (κ2) is 3.78. The Morgan fingerprint density at radius 1 is 1.08 bits per heavy atom. The molecule has 0 amide bonds. The van der Waals surface area contributed by atoms with E-state index in [0.29, 0.717) is 0 Å². The third-order valence-corrected chi connectivity index (χ3v) is 2.70. The number of aliphatic hydroxyl groups is 1. The fourth-order valence-electron chi connectivity index (χ4n) is 0.974. The van der Waals surface area contributed by atoms with Crippen LogP contribution in [0, 0.1) is 10.8 Å². The molecule has 0 aliphatic heterocycles. The fraction of sp³-hybridized carbons (Fsp3) is 1.00. The van der Waals surface area contributed by atoms with Crippen molar-refractivity contribution in [2.75, 3.05) is 0 Å². The lowest BCUT2D eigenvalue weighted by Crippen LogP contribution is -2.31. The van der Waals surface area contributed by atoms with Crippen LogP contribution in [0.25, 0.3) is 0 Å².